The molecule has 6 nitrogen and oxygen atoms in total. The minimum atomic E-state index is -0.251. The summed E-state index contributed by atoms with van der Waals surface area (Å²) in [5.74, 6) is 0.875. The molecular weight excluding hydrogens is 280 g/mol. The van der Waals surface area contributed by atoms with Crippen LogP contribution in [0.1, 0.15) is 43.7 Å². The Morgan fingerprint density at radius 2 is 2.27 bits per heavy atom. The predicted octanol–water partition coefficient (Wildman–Crippen LogP) is 1.22. The zero-order valence-corrected chi connectivity index (χ0v) is 13.1. The first-order valence-electron chi connectivity index (χ1n) is 7.96. The molecule has 1 saturated heterocycles. The van der Waals surface area contributed by atoms with E-state index in [1.807, 2.05) is 19.9 Å². The second-order valence-electron chi connectivity index (χ2n) is 6.21. The van der Waals surface area contributed by atoms with Crippen LogP contribution in [0.5, 0.6) is 0 Å². The highest BCUT2D eigenvalue weighted by Crippen LogP contribution is 2.40. The molecule has 1 aromatic rings. The van der Waals surface area contributed by atoms with Crippen LogP contribution in [-0.4, -0.2) is 39.8 Å². The SMILES string of the molecule is CCN1C[C@H](C(=O)N[C@@H](c2nccc(C)n2)C2CC2)CC1=O. The first kappa shape index (κ1) is 14.9. The maximum Gasteiger partial charge on any atom is 0.226 e. The quantitative estimate of drug-likeness (QED) is 0.887. The van der Waals surface area contributed by atoms with Gasteiger partial charge in [-0.3, -0.25) is 9.59 Å². The Morgan fingerprint density at radius 1 is 1.50 bits per heavy atom. The van der Waals surface area contributed by atoms with Crippen molar-refractivity contribution in [2.24, 2.45) is 11.8 Å². The van der Waals surface area contributed by atoms with Crippen molar-refractivity contribution in [3.8, 4) is 0 Å². The number of likely N-dealkylation sites (tertiary alicyclic amines) is 1. The third kappa shape index (κ3) is 3.10. The van der Waals surface area contributed by atoms with Gasteiger partial charge in [-0.25, -0.2) is 9.97 Å². The van der Waals surface area contributed by atoms with Gasteiger partial charge in [0.15, 0.2) is 5.82 Å². The van der Waals surface area contributed by atoms with Crippen molar-refractivity contribution in [2.75, 3.05) is 13.1 Å². The van der Waals surface area contributed by atoms with Gasteiger partial charge in [-0.05, 0) is 38.7 Å². The molecule has 2 aliphatic rings. The number of carbonyl (C=O) groups excluding carboxylic acids is 2. The third-order valence-electron chi connectivity index (χ3n) is 4.45. The van der Waals surface area contributed by atoms with Gasteiger partial charge < -0.3 is 10.2 Å². The van der Waals surface area contributed by atoms with E-state index in [4.69, 9.17) is 0 Å². The molecule has 22 heavy (non-hydrogen) atoms. The molecule has 1 N–H and O–H groups in total. The second kappa shape index (κ2) is 6.02. The van der Waals surface area contributed by atoms with E-state index in [0.717, 1.165) is 18.5 Å². The highest BCUT2D eigenvalue weighted by Gasteiger charge is 2.39. The van der Waals surface area contributed by atoms with Gasteiger partial charge in [0.2, 0.25) is 11.8 Å². The minimum absolute atomic E-state index is 0.0497. The van der Waals surface area contributed by atoms with Crippen molar-refractivity contribution in [1.82, 2.24) is 20.2 Å². The molecule has 2 heterocycles. The average molecular weight is 302 g/mol. The van der Waals surface area contributed by atoms with Crippen LogP contribution in [0.3, 0.4) is 0 Å². The molecule has 1 aliphatic heterocycles. The van der Waals surface area contributed by atoms with Gasteiger partial charge >= 0.3 is 0 Å². The van der Waals surface area contributed by atoms with Crippen molar-refractivity contribution in [1.29, 1.82) is 0 Å². The first-order valence-corrected chi connectivity index (χ1v) is 7.96. The molecule has 2 fully saturated rings. The molecule has 2 atom stereocenters. The van der Waals surface area contributed by atoms with Gasteiger partial charge in [0.1, 0.15) is 0 Å². The summed E-state index contributed by atoms with van der Waals surface area (Å²) < 4.78 is 0. The van der Waals surface area contributed by atoms with E-state index in [-0.39, 0.29) is 23.8 Å². The summed E-state index contributed by atoms with van der Waals surface area (Å²) in [6.45, 7) is 5.04. The first-order chi connectivity index (χ1) is 10.6. The van der Waals surface area contributed by atoms with Crippen LogP contribution < -0.4 is 5.32 Å². The van der Waals surface area contributed by atoms with Crippen molar-refractivity contribution in [2.45, 2.75) is 39.2 Å². The van der Waals surface area contributed by atoms with Crippen molar-refractivity contribution in [3.05, 3.63) is 23.8 Å². The fourth-order valence-corrected chi connectivity index (χ4v) is 2.97. The summed E-state index contributed by atoms with van der Waals surface area (Å²) in [6.07, 6.45) is 4.22. The summed E-state index contributed by atoms with van der Waals surface area (Å²) in [4.78, 5) is 34.8. The van der Waals surface area contributed by atoms with Crippen LogP contribution in [0, 0.1) is 18.8 Å². The molecular formula is C16H22N4O2. The van der Waals surface area contributed by atoms with Crippen LogP contribution >= 0.6 is 0 Å². The van der Waals surface area contributed by atoms with E-state index >= 15 is 0 Å². The molecule has 0 bridgehead atoms. The topological polar surface area (TPSA) is 75.2 Å². The van der Waals surface area contributed by atoms with Gasteiger partial charge in [-0.2, -0.15) is 0 Å². The third-order valence-corrected chi connectivity index (χ3v) is 4.45. The van der Waals surface area contributed by atoms with E-state index in [1.165, 1.54) is 0 Å². The van der Waals surface area contributed by atoms with Gasteiger partial charge in [-0.15, -0.1) is 0 Å². The maximum absolute atomic E-state index is 12.5. The molecule has 1 aliphatic carbocycles. The molecule has 0 radical (unpaired) electrons. The molecule has 0 spiro atoms. The molecule has 1 aromatic heterocycles. The standard InChI is InChI=1S/C16H22N4O2/c1-3-20-9-12(8-13(20)21)16(22)19-14(11-4-5-11)15-17-7-6-10(2)18-15/h6-7,11-12,14H,3-5,8-9H2,1-2H3,(H,19,22)/t12-,14-/m1/s1. The summed E-state index contributed by atoms with van der Waals surface area (Å²) in [5.41, 5.74) is 0.901. The number of hydrogen-bond donors (Lipinski definition) is 1. The van der Waals surface area contributed by atoms with Gasteiger partial charge in [0.25, 0.3) is 0 Å². The molecule has 2 amide bonds. The lowest BCUT2D eigenvalue weighted by atomic mass is 10.1. The van der Waals surface area contributed by atoms with Crippen LogP contribution in [0.15, 0.2) is 12.3 Å². The number of amides is 2. The minimum Gasteiger partial charge on any atom is -0.345 e. The Balaban J connectivity index is 1.69. The highest BCUT2D eigenvalue weighted by atomic mass is 16.2. The number of rotatable bonds is 5. The molecule has 118 valence electrons. The zero-order chi connectivity index (χ0) is 15.7. The van der Waals surface area contributed by atoms with Crippen molar-refractivity contribution >= 4 is 11.8 Å². The van der Waals surface area contributed by atoms with Crippen LogP contribution in [-0.2, 0) is 9.59 Å². The lowest BCUT2D eigenvalue weighted by molar-refractivity contribution is -0.129. The number of aromatic nitrogens is 2. The van der Waals surface area contributed by atoms with Gasteiger partial charge in [-0.1, -0.05) is 0 Å². The summed E-state index contributed by atoms with van der Waals surface area (Å²) >= 11 is 0. The Labute approximate surface area is 130 Å². The summed E-state index contributed by atoms with van der Waals surface area (Å²) in [7, 11) is 0. The largest absolute Gasteiger partial charge is 0.345 e. The highest BCUT2D eigenvalue weighted by molar-refractivity contribution is 5.89. The molecule has 0 unspecified atom stereocenters. The van der Waals surface area contributed by atoms with Crippen LogP contribution in [0.2, 0.25) is 0 Å². The van der Waals surface area contributed by atoms with E-state index in [2.05, 4.69) is 15.3 Å². The number of nitrogens with one attached hydrogen (secondary N) is 1. The average Bonchev–Trinajstić information content (AvgIpc) is 3.26. The van der Waals surface area contributed by atoms with Crippen molar-refractivity contribution < 1.29 is 9.59 Å². The predicted molar refractivity (Wildman–Crippen MR) is 80.7 cm³/mol. The fourth-order valence-electron chi connectivity index (χ4n) is 2.97. The Kier molecular flexibility index (Phi) is 4.09. The van der Waals surface area contributed by atoms with Crippen LogP contribution in [0.4, 0.5) is 0 Å². The molecule has 3 rings (SSSR count). The van der Waals surface area contributed by atoms with E-state index < -0.39 is 0 Å². The molecule has 1 saturated carbocycles. The lowest BCUT2D eigenvalue weighted by Crippen LogP contribution is -2.37. The zero-order valence-electron chi connectivity index (χ0n) is 13.1. The Bertz CT molecular complexity index is 585. The number of nitrogens with zero attached hydrogens (tertiary/aromatic N) is 3. The summed E-state index contributed by atoms with van der Waals surface area (Å²) in [6, 6.07) is 1.72. The lowest BCUT2D eigenvalue weighted by Gasteiger charge is -2.20. The number of aryl methyl sites for hydroxylation is 1. The second-order valence-corrected chi connectivity index (χ2v) is 6.21. The number of carbonyl (C=O) groups is 2. The Hall–Kier alpha value is -1.98. The number of hydrogen-bond acceptors (Lipinski definition) is 4. The van der Waals surface area contributed by atoms with Crippen molar-refractivity contribution in [3.63, 3.8) is 0 Å². The normalized spacial score (nSPS) is 22.7. The molecule has 0 aromatic carbocycles. The smallest absolute Gasteiger partial charge is 0.226 e. The maximum atomic E-state index is 12.5. The molecule has 6 heteroatoms. The fraction of sp³-hybridized carbons (Fsp3) is 0.625. The summed E-state index contributed by atoms with van der Waals surface area (Å²) in [5, 5.41) is 3.09. The van der Waals surface area contributed by atoms with Crippen LogP contribution in [0.25, 0.3) is 0 Å². The Morgan fingerprint density at radius 3 is 2.86 bits per heavy atom. The van der Waals surface area contributed by atoms with Gasteiger partial charge in [0.05, 0.1) is 12.0 Å². The van der Waals surface area contributed by atoms with E-state index in [1.54, 1.807) is 11.1 Å². The monoisotopic (exact) mass is 302 g/mol. The van der Waals surface area contributed by atoms with E-state index in [9.17, 15) is 9.59 Å². The van der Waals surface area contributed by atoms with Gasteiger partial charge in [0, 0.05) is 31.4 Å². The van der Waals surface area contributed by atoms with E-state index in [0.29, 0.717) is 31.3 Å².